The summed E-state index contributed by atoms with van der Waals surface area (Å²) in [5.41, 5.74) is 6.02. The third-order valence-corrected chi connectivity index (χ3v) is 4.92. The molecule has 126 valence electrons. The lowest BCUT2D eigenvalue weighted by atomic mass is 9.97. The number of anilines is 1. The van der Waals surface area contributed by atoms with E-state index in [1.54, 1.807) is 11.0 Å². The van der Waals surface area contributed by atoms with Crippen LogP contribution < -0.4 is 16.0 Å². The highest BCUT2D eigenvalue weighted by Gasteiger charge is 2.41. The first kappa shape index (κ1) is 18.0. The summed E-state index contributed by atoms with van der Waals surface area (Å²) in [6, 6.07) is 6.72. The van der Waals surface area contributed by atoms with Gasteiger partial charge in [-0.05, 0) is 31.4 Å². The lowest BCUT2D eigenvalue weighted by Crippen LogP contribution is -2.55. The van der Waals surface area contributed by atoms with Crippen LogP contribution in [0.1, 0.15) is 32.1 Å². The van der Waals surface area contributed by atoms with Gasteiger partial charge in [0, 0.05) is 6.54 Å². The summed E-state index contributed by atoms with van der Waals surface area (Å²) < 4.78 is 0. The first-order valence-corrected chi connectivity index (χ1v) is 8.05. The Morgan fingerprint density at radius 2 is 1.96 bits per heavy atom. The van der Waals surface area contributed by atoms with Crippen LogP contribution in [0.4, 0.5) is 5.69 Å². The molecule has 1 aliphatic heterocycles. The van der Waals surface area contributed by atoms with Gasteiger partial charge >= 0.3 is 0 Å². The molecule has 2 fully saturated rings. The molecule has 2 aliphatic rings. The first-order chi connectivity index (χ1) is 10.5. The Labute approximate surface area is 146 Å². The molecule has 1 saturated carbocycles. The van der Waals surface area contributed by atoms with Crippen LogP contribution in [-0.2, 0) is 9.59 Å². The number of nitrogens with two attached hydrogens (primary N) is 1. The minimum atomic E-state index is -0.807. The van der Waals surface area contributed by atoms with Gasteiger partial charge in [-0.2, -0.15) is 0 Å². The molecule has 1 aromatic carbocycles. The minimum Gasteiger partial charge on any atom is -0.343 e. The summed E-state index contributed by atoms with van der Waals surface area (Å²) in [6.45, 7) is 0.547. The maximum Gasteiger partial charge on any atom is 0.249 e. The smallest absolute Gasteiger partial charge is 0.249 e. The number of benzene rings is 1. The van der Waals surface area contributed by atoms with Crippen molar-refractivity contribution in [2.75, 3.05) is 11.4 Å². The number of carbonyl (C=O) groups is 2. The molecule has 0 aromatic heterocycles. The Morgan fingerprint density at radius 3 is 2.61 bits per heavy atom. The fourth-order valence-corrected chi connectivity index (χ4v) is 3.50. The number of nitrogens with one attached hydrogen (secondary N) is 1. The Kier molecular flexibility index (Phi) is 5.55. The number of hydrogen-bond donors (Lipinski definition) is 2. The van der Waals surface area contributed by atoms with Gasteiger partial charge in [0.05, 0.1) is 16.2 Å². The molecule has 1 saturated heterocycles. The number of halogens is 2. The molecule has 5 nitrogen and oxygen atoms in total. The minimum absolute atomic E-state index is 0. The monoisotopic (exact) mass is 357 g/mol. The van der Waals surface area contributed by atoms with Crippen molar-refractivity contribution in [2.24, 2.45) is 5.73 Å². The van der Waals surface area contributed by atoms with Gasteiger partial charge in [0.2, 0.25) is 11.8 Å². The maximum atomic E-state index is 12.5. The zero-order valence-corrected chi connectivity index (χ0v) is 14.3. The maximum absolute atomic E-state index is 12.5. The van der Waals surface area contributed by atoms with Gasteiger partial charge < -0.3 is 16.0 Å². The van der Waals surface area contributed by atoms with Crippen molar-refractivity contribution in [3.8, 4) is 0 Å². The summed E-state index contributed by atoms with van der Waals surface area (Å²) in [6.07, 6.45) is 3.89. The lowest BCUT2D eigenvalue weighted by molar-refractivity contribution is -0.130. The molecule has 2 amide bonds. The van der Waals surface area contributed by atoms with Crippen molar-refractivity contribution >= 4 is 41.5 Å². The second kappa shape index (κ2) is 7.07. The molecule has 23 heavy (non-hydrogen) atoms. The van der Waals surface area contributed by atoms with E-state index in [4.69, 9.17) is 17.3 Å². The van der Waals surface area contributed by atoms with Crippen LogP contribution in [0.5, 0.6) is 0 Å². The van der Waals surface area contributed by atoms with Crippen molar-refractivity contribution in [3.63, 3.8) is 0 Å². The van der Waals surface area contributed by atoms with E-state index in [1.807, 2.05) is 18.2 Å². The molecule has 0 radical (unpaired) electrons. The molecule has 3 rings (SSSR count). The molecule has 1 heterocycles. The summed E-state index contributed by atoms with van der Waals surface area (Å²) in [5.74, 6) is -0.326. The Bertz CT molecular complexity index is 603. The van der Waals surface area contributed by atoms with E-state index >= 15 is 0 Å². The molecule has 1 aromatic rings. The predicted octanol–water partition coefficient (Wildman–Crippen LogP) is 2.25. The van der Waals surface area contributed by atoms with Crippen LogP contribution in [0.3, 0.4) is 0 Å². The van der Waals surface area contributed by atoms with E-state index in [9.17, 15) is 9.59 Å². The topological polar surface area (TPSA) is 75.4 Å². The fourth-order valence-electron chi connectivity index (χ4n) is 3.26. The van der Waals surface area contributed by atoms with Crippen LogP contribution in [0.15, 0.2) is 24.3 Å². The molecule has 1 unspecified atom stereocenters. The van der Waals surface area contributed by atoms with E-state index < -0.39 is 11.6 Å². The van der Waals surface area contributed by atoms with Crippen molar-refractivity contribution < 1.29 is 9.59 Å². The van der Waals surface area contributed by atoms with E-state index in [0.717, 1.165) is 12.8 Å². The van der Waals surface area contributed by atoms with Gasteiger partial charge in [-0.3, -0.25) is 9.59 Å². The standard InChI is InChI=1S/C16H20ClN3O2.ClH/c17-11-5-1-2-6-13(11)20-10-7-12(14(20)21)19-15(22)16(18)8-3-4-9-16;/h1-2,5-6,12H,3-4,7-10,18H2,(H,19,22);1H. The fraction of sp³-hybridized carbons (Fsp3) is 0.500. The predicted molar refractivity (Wildman–Crippen MR) is 93.0 cm³/mol. The molecule has 1 aliphatic carbocycles. The number of carbonyl (C=O) groups excluding carboxylic acids is 2. The van der Waals surface area contributed by atoms with Crippen LogP contribution in [0.25, 0.3) is 0 Å². The molecule has 0 bridgehead atoms. The van der Waals surface area contributed by atoms with Crippen molar-refractivity contribution in [1.29, 1.82) is 0 Å². The zero-order valence-electron chi connectivity index (χ0n) is 12.8. The Morgan fingerprint density at radius 1 is 1.30 bits per heavy atom. The normalized spacial score (nSPS) is 22.8. The average molecular weight is 358 g/mol. The van der Waals surface area contributed by atoms with Crippen molar-refractivity contribution in [2.45, 2.75) is 43.7 Å². The third-order valence-electron chi connectivity index (χ3n) is 4.60. The number of para-hydroxylation sites is 1. The number of amides is 2. The number of rotatable bonds is 3. The zero-order chi connectivity index (χ0) is 15.7. The highest BCUT2D eigenvalue weighted by Crippen LogP contribution is 2.30. The summed E-state index contributed by atoms with van der Waals surface area (Å²) in [4.78, 5) is 26.5. The van der Waals surface area contributed by atoms with E-state index in [-0.39, 0.29) is 24.2 Å². The molecular formula is C16H21Cl2N3O2. The van der Waals surface area contributed by atoms with E-state index in [1.165, 1.54) is 0 Å². The van der Waals surface area contributed by atoms with Crippen LogP contribution in [0.2, 0.25) is 5.02 Å². The van der Waals surface area contributed by atoms with Gasteiger partial charge in [-0.15, -0.1) is 12.4 Å². The molecule has 1 atom stereocenters. The largest absolute Gasteiger partial charge is 0.343 e. The van der Waals surface area contributed by atoms with Crippen molar-refractivity contribution in [1.82, 2.24) is 5.32 Å². The lowest BCUT2D eigenvalue weighted by Gasteiger charge is -2.24. The van der Waals surface area contributed by atoms with Gasteiger partial charge in [0.15, 0.2) is 0 Å². The van der Waals surface area contributed by atoms with E-state index in [2.05, 4.69) is 5.32 Å². The van der Waals surface area contributed by atoms with E-state index in [0.29, 0.717) is 36.5 Å². The number of nitrogens with zero attached hydrogens (tertiary/aromatic N) is 1. The van der Waals surface area contributed by atoms with Gasteiger partial charge in [0.1, 0.15) is 6.04 Å². The van der Waals surface area contributed by atoms with Crippen LogP contribution in [0, 0.1) is 0 Å². The third kappa shape index (κ3) is 3.47. The van der Waals surface area contributed by atoms with Crippen LogP contribution >= 0.6 is 24.0 Å². The Balaban J connectivity index is 0.00000192. The van der Waals surface area contributed by atoms with Gasteiger partial charge in [-0.25, -0.2) is 0 Å². The average Bonchev–Trinajstić information content (AvgIpc) is 3.09. The van der Waals surface area contributed by atoms with Gasteiger partial charge in [-0.1, -0.05) is 36.6 Å². The molecule has 3 N–H and O–H groups in total. The first-order valence-electron chi connectivity index (χ1n) is 7.67. The molecular weight excluding hydrogens is 337 g/mol. The van der Waals surface area contributed by atoms with Crippen molar-refractivity contribution in [3.05, 3.63) is 29.3 Å². The quantitative estimate of drug-likeness (QED) is 0.870. The van der Waals surface area contributed by atoms with Gasteiger partial charge in [0.25, 0.3) is 0 Å². The Hall–Kier alpha value is -1.30. The molecule has 7 heteroatoms. The number of hydrogen-bond acceptors (Lipinski definition) is 3. The summed E-state index contributed by atoms with van der Waals surface area (Å²) in [7, 11) is 0. The highest BCUT2D eigenvalue weighted by atomic mass is 35.5. The molecule has 0 spiro atoms. The second-order valence-corrected chi connectivity index (χ2v) is 6.53. The summed E-state index contributed by atoms with van der Waals surface area (Å²) >= 11 is 6.15. The second-order valence-electron chi connectivity index (χ2n) is 6.12. The SMILES string of the molecule is Cl.NC1(C(=O)NC2CCN(c3ccccc3Cl)C2=O)CCCC1. The summed E-state index contributed by atoms with van der Waals surface area (Å²) in [5, 5.41) is 3.37. The van der Waals surface area contributed by atoms with Crippen LogP contribution in [-0.4, -0.2) is 29.9 Å². The highest BCUT2D eigenvalue weighted by molar-refractivity contribution is 6.34.